The first kappa shape index (κ1) is 24.6. The summed E-state index contributed by atoms with van der Waals surface area (Å²) < 4.78 is 1.65. The van der Waals surface area contributed by atoms with E-state index in [4.69, 9.17) is 16.7 Å². The van der Waals surface area contributed by atoms with Gasteiger partial charge in [0.25, 0.3) is 5.91 Å². The highest BCUT2D eigenvalue weighted by molar-refractivity contribution is 6.02. The lowest BCUT2D eigenvalue weighted by molar-refractivity contribution is -0.118. The van der Waals surface area contributed by atoms with Gasteiger partial charge >= 0.3 is 0 Å². The van der Waals surface area contributed by atoms with Crippen molar-refractivity contribution in [2.75, 3.05) is 0 Å². The quantitative estimate of drug-likeness (QED) is 0.571. The van der Waals surface area contributed by atoms with Gasteiger partial charge in [0, 0.05) is 17.5 Å². The molecule has 1 aromatic carbocycles. The number of aromatic nitrogens is 2. The highest BCUT2D eigenvalue weighted by atomic mass is 16.1. The molecule has 1 amide bonds. The van der Waals surface area contributed by atoms with Crippen molar-refractivity contribution >= 4 is 11.7 Å². The largest absolute Gasteiger partial charge is 0.402 e. The van der Waals surface area contributed by atoms with Crippen LogP contribution in [0.2, 0.25) is 0 Å². The van der Waals surface area contributed by atoms with Crippen molar-refractivity contribution in [3.8, 4) is 11.8 Å². The minimum Gasteiger partial charge on any atom is -0.402 e. The summed E-state index contributed by atoms with van der Waals surface area (Å²) in [7, 11) is 0. The van der Waals surface area contributed by atoms with Crippen molar-refractivity contribution in [3.63, 3.8) is 0 Å². The van der Waals surface area contributed by atoms with Crippen LogP contribution in [0.15, 0.2) is 53.4 Å². The fourth-order valence-corrected chi connectivity index (χ4v) is 2.49. The average Bonchev–Trinajstić information content (AvgIpc) is 3.45. The number of nitriles is 1. The average molecular weight is 409 g/mol. The smallest absolute Gasteiger partial charge is 0.254 e. The Hall–Kier alpha value is -3.40. The van der Waals surface area contributed by atoms with Crippen LogP contribution in [0.3, 0.4) is 0 Å². The molecule has 7 nitrogen and oxygen atoms in total. The molecule has 1 heterocycles. The van der Waals surface area contributed by atoms with Crippen LogP contribution < -0.4 is 11.5 Å². The summed E-state index contributed by atoms with van der Waals surface area (Å²) in [5.74, 6) is -0.314. The van der Waals surface area contributed by atoms with Gasteiger partial charge in [-0.3, -0.25) is 4.79 Å². The first-order valence-corrected chi connectivity index (χ1v) is 9.79. The summed E-state index contributed by atoms with van der Waals surface area (Å²) in [6.07, 6.45) is 8.34. The van der Waals surface area contributed by atoms with Crippen LogP contribution in [-0.4, -0.2) is 21.5 Å². The molecule has 0 aliphatic heterocycles. The molecule has 4 N–H and O–H groups in total. The van der Waals surface area contributed by atoms with Crippen LogP contribution in [-0.2, 0) is 4.79 Å². The first-order valence-electron chi connectivity index (χ1n) is 9.79. The molecule has 3 rings (SSSR count). The predicted octanol–water partition coefficient (Wildman–Crippen LogP) is 4.04. The fourth-order valence-electron chi connectivity index (χ4n) is 2.49. The second-order valence-electron chi connectivity index (χ2n) is 7.10. The molecule has 0 spiro atoms. The summed E-state index contributed by atoms with van der Waals surface area (Å²) >= 11 is 0. The summed E-state index contributed by atoms with van der Waals surface area (Å²) in [6, 6.07) is 9.09. The van der Waals surface area contributed by atoms with Crippen LogP contribution in [0.4, 0.5) is 0 Å². The SMILES string of the molecule is C.CC(C(=O)N=C(N)/C=C(\N)C1CC1)c1cnn(-c2ccc(C#N)cc2)c1.CCC. The van der Waals surface area contributed by atoms with Gasteiger partial charge in [-0.1, -0.05) is 27.7 Å². The molecule has 0 bridgehead atoms. The van der Waals surface area contributed by atoms with Gasteiger partial charge in [-0.2, -0.15) is 15.4 Å². The Kier molecular flexibility index (Phi) is 9.50. The molecule has 1 unspecified atom stereocenters. The lowest BCUT2D eigenvalue weighted by atomic mass is 10.1. The Balaban J connectivity index is 0.00000106. The maximum atomic E-state index is 12.3. The van der Waals surface area contributed by atoms with E-state index in [1.54, 1.807) is 54.3 Å². The van der Waals surface area contributed by atoms with E-state index in [0.717, 1.165) is 24.1 Å². The maximum Gasteiger partial charge on any atom is 0.254 e. The highest BCUT2D eigenvalue weighted by Crippen LogP contribution is 2.33. The minimum atomic E-state index is -0.476. The summed E-state index contributed by atoms with van der Waals surface area (Å²) in [5, 5.41) is 13.1. The van der Waals surface area contributed by atoms with Crippen molar-refractivity contribution in [2.45, 2.75) is 53.4 Å². The van der Waals surface area contributed by atoms with E-state index in [-0.39, 0.29) is 19.2 Å². The van der Waals surface area contributed by atoms with Crippen LogP contribution >= 0.6 is 0 Å². The number of aliphatic imine (C=N–C) groups is 1. The zero-order valence-electron chi connectivity index (χ0n) is 17.2. The normalized spacial score (nSPS) is 14.6. The Morgan fingerprint density at radius 2 is 1.93 bits per heavy atom. The molecule has 2 aromatic rings. The second kappa shape index (κ2) is 11.6. The summed E-state index contributed by atoms with van der Waals surface area (Å²) in [4.78, 5) is 16.3. The molecule has 30 heavy (non-hydrogen) atoms. The Morgan fingerprint density at radius 1 is 1.33 bits per heavy atom. The number of nitrogens with two attached hydrogens (primary N) is 2. The van der Waals surface area contributed by atoms with Gasteiger partial charge < -0.3 is 11.5 Å². The topological polar surface area (TPSA) is 123 Å². The predicted molar refractivity (Wildman–Crippen MR) is 121 cm³/mol. The van der Waals surface area contributed by atoms with Gasteiger partial charge in [-0.15, -0.1) is 0 Å². The number of hydrogen-bond acceptors (Lipinski definition) is 4. The third kappa shape index (κ3) is 6.89. The van der Waals surface area contributed by atoms with Gasteiger partial charge in [0.2, 0.25) is 0 Å². The van der Waals surface area contributed by atoms with E-state index >= 15 is 0 Å². The number of amidine groups is 1. The van der Waals surface area contributed by atoms with Gasteiger partial charge in [0.15, 0.2) is 0 Å². The molecule has 7 heteroatoms. The van der Waals surface area contributed by atoms with Crippen molar-refractivity contribution < 1.29 is 4.79 Å². The molecule has 1 aliphatic carbocycles. The van der Waals surface area contributed by atoms with E-state index in [1.807, 2.05) is 0 Å². The summed E-state index contributed by atoms with van der Waals surface area (Å²) in [6.45, 7) is 6.01. The van der Waals surface area contributed by atoms with E-state index < -0.39 is 5.92 Å². The molecule has 0 radical (unpaired) electrons. The van der Waals surface area contributed by atoms with E-state index in [0.29, 0.717) is 17.2 Å². The van der Waals surface area contributed by atoms with E-state index in [1.165, 1.54) is 6.42 Å². The number of carbonyl (C=O) groups excluding carboxylic acids is 1. The number of allylic oxidation sites excluding steroid dienone is 1. The monoisotopic (exact) mass is 408 g/mol. The van der Waals surface area contributed by atoms with Crippen LogP contribution in [0.25, 0.3) is 5.69 Å². The number of carbonyl (C=O) groups is 1. The highest BCUT2D eigenvalue weighted by Gasteiger charge is 2.24. The molecule has 1 aromatic heterocycles. The van der Waals surface area contributed by atoms with Crippen LogP contribution in [0.5, 0.6) is 0 Å². The van der Waals surface area contributed by atoms with Crippen LogP contribution in [0.1, 0.15) is 64.5 Å². The molecule has 1 aliphatic rings. The Labute approximate surface area is 179 Å². The van der Waals surface area contributed by atoms with Gasteiger partial charge in [-0.25, -0.2) is 4.68 Å². The zero-order valence-corrected chi connectivity index (χ0v) is 17.2. The van der Waals surface area contributed by atoms with Gasteiger partial charge in [0.05, 0.1) is 29.4 Å². The number of amides is 1. The summed E-state index contributed by atoms with van der Waals surface area (Å²) in [5.41, 5.74) is 14.5. The fraction of sp³-hybridized carbons (Fsp3) is 0.391. The number of hydrogen-bond donors (Lipinski definition) is 2. The number of rotatable bonds is 5. The lowest BCUT2D eigenvalue weighted by Crippen LogP contribution is -2.17. The van der Waals surface area contributed by atoms with Crippen LogP contribution in [0, 0.1) is 17.2 Å². The molecule has 0 saturated heterocycles. The van der Waals surface area contributed by atoms with Crippen molar-refractivity contribution in [3.05, 3.63) is 59.6 Å². The number of benzene rings is 1. The van der Waals surface area contributed by atoms with E-state index in [2.05, 4.69) is 30.0 Å². The molecular weight excluding hydrogens is 376 g/mol. The Bertz CT molecular complexity index is 929. The standard InChI is InChI=1S/C19H20N6O.C3H8.CH4/c1-12(19(26)24-18(22)8-17(21)14-4-5-14)15-10-23-25(11-15)16-6-2-13(9-20)3-7-16;1-3-2;/h2-3,6-8,10-12,14H,4-5,21H2,1H3,(H2,22,24,26);3H2,1-2H3;1H4/b17-8-;;. The second-order valence-corrected chi connectivity index (χ2v) is 7.10. The maximum absolute atomic E-state index is 12.3. The third-order valence-corrected chi connectivity index (χ3v) is 4.34. The van der Waals surface area contributed by atoms with Crippen molar-refractivity contribution in [1.29, 1.82) is 5.26 Å². The molecule has 1 saturated carbocycles. The molecule has 160 valence electrons. The van der Waals surface area contributed by atoms with Gasteiger partial charge in [-0.05, 0) is 56.0 Å². The molecule has 1 atom stereocenters. The van der Waals surface area contributed by atoms with Gasteiger partial charge in [0.1, 0.15) is 5.84 Å². The lowest BCUT2D eigenvalue weighted by Gasteiger charge is -2.05. The zero-order chi connectivity index (χ0) is 21.4. The molecule has 1 fully saturated rings. The van der Waals surface area contributed by atoms with Crippen molar-refractivity contribution in [2.24, 2.45) is 22.4 Å². The Morgan fingerprint density at radius 3 is 2.47 bits per heavy atom. The molecular formula is C23H32N6O. The minimum absolute atomic E-state index is 0. The third-order valence-electron chi connectivity index (χ3n) is 4.34. The van der Waals surface area contributed by atoms with E-state index in [9.17, 15) is 4.79 Å². The van der Waals surface area contributed by atoms with Crippen molar-refractivity contribution in [1.82, 2.24) is 9.78 Å². The first-order chi connectivity index (χ1) is 13.9. The number of nitrogens with zero attached hydrogens (tertiary/aromatic N) is 4.